The number of rotatable bonds is 5. The molecule has 2 aromatic carbocycles. The number of likely N-dealkylation sites (N-methyl/N-ethyl adjacent to an activating group) is 1. The topological polar surface area (TPSA) is 62.3 Å². The fourth-order valence-electron chi connectivity index (χ4n) is 2.81. The Balaban J connectivity index is 1.69. The van der Waals surface area contributed by atoms with E-state index in [4.69, 9.17) is 0 Å². The van der Waals surface area contributed by atoms with E-state index in [0.717, 1.165) is 28.6 Å². The summed E-state index contributed by atoms with van der Waals surface area (Å²) in [5, 5.41) is 3.85. The van der Waals surface area contributed by atoms with Crippen molar-refractivity contribution in [3.8, 4) is 0 Å². The number of anilines is 1. The number of nitrogens with zero attached hydrogens (tertiary/aromatic N) is 2. The molecule has 0 fully saturated rings. The third-order valence-electron chi connectivity index (χ3n) is 4.22. The van der Waals surface area contributed by atoms with E-state index in [9.17, 15) is 9.59 Å². The van der Waals surface area contributed by atoms with Crippen LogP contribution < -0.4 is 5.32 Å². The Labute approximate surface area is 152 Å². The maximum absolute atomic E-state index is 12.6. The van der Waals surface area contributed by atoms with E-state index in [2.05, 4.69) is 10.3 Å². The van der Waals surface area contributed by atoms with Gasteiger partial charge in [-0.2, -0.15) is 0 Å². The molecule has 3 aromatic rings. The fourth-order valence-corrected chi connectivity index (χ4v) is 2.81. The number of carbonyl (C=O) groups excluding carboxylic acids is 2. The molecule has 132 valence electrons. The molecule has 1 aromatic heterocycles. The highest BCUT2D eigenvalue weighted by Crippen LogP contribution is 2.16. The number of nitrogens with one attached hydrogen (secondary N) is 1. The number of hydrogen-bond acceptors (Lipinski definition) is 3. The minimum atomic E-state index is -0.283. The van der Waals surface area contributed by atoms with Crippen LogP contribution in [0.2, 0.25) is 0 Å². The van der Waals surface area contributed by atoms with Crippen molar-refractivity contribution >= 4 is 28.4 Å². The van der Waals surface area contributed by atoms with Gasteiger partial charge in [0.25, 0.3) is 5.91 Å². The Bertz CT molecular complexity index is 953. The molecule has 3 rings (SSSR count). The summed E-state index contributed by atoms with van der Waals surface area (Å²) in [6, 6.07) is 18.8. The lowest BCUT2D eigenvalue weighted by molar-refractivity contribution is -0.116. The molecule has 5 nitrogen and oxygen atoms in total. The summed E-state index contributed by atoms with van der Waals surface area (Å²) >= 11 is 0. The van der Waals surface area contributed by atoms with Crippen molar-refractivity contribution in [3.63, 3.8) is 0 Å². The van der Waals surface area contributed by atoms with E-state index in [1.54, 1.807) is 13.1 Å². The first-order valence-corrected chi connectivity index (χ1v) is 8.57. The summed E-state index contributed by atoms with van der Waals surface area (Å²) in [6.45, 7) is 2.00. The molecule has 0 unspecified atom stereocenters. The highest BCUT2D eigenvalue weighted by molar-refractivity contribution is 5.99. The van der Waals surface area contributed by atoms with Crippen LogP contribution in [-0.2, 0) is 11.2 Å². The lowest BCUT2D eigenvalue weighted by atomic mass is 10.1. The van der Waals surface area contributed by atoms with Crippen molar-refractivity contribution in [1.29, 1.82) is 0 Å². The lowest BCUT2D eigenvalue weighted by Crippen LogP contribution is -2.35. The standard InChI is InChI=1S/C21H21N3O2/c1-3-15-8-4-6-10-17(15)23-20(25)14-24(2)21(26)19-13-12-16-9-5-7-11-18(16)22-19/h4-13H,3,14H2,1-2H3,(H,23,25). The van der Waals surface area contributed by atoms with Crippen LogP contribution in [0, 0.1) is 0 Å². The zero-order valence-electron chi connectivity index (χ0n) is 14.9. The summed E-state index contributed by atoms with van der Waals surface area (Å²) in [4.78, 5) is 30.7. The van der Waals surface area contributed by atoms with E-state index >= 15 is 0 Å². The second kappa shape index (κ2) is 7.78. The first-order valence-electron chi connectivity index (χ1n) is 8.57. The number of hydrogen-bond donors (Lipinski definition) is 1. The van der Waals surface area contributed by atoms with Crippen LogP contribution in [0.15, 0.2) is 60.7 Å². The van der Waals surface area contributed by atoms with Gasteiger partial charge in [-0.25, -0.2) is 4.98 Å². The molecule has 0 atom stereocenters. The Hall–Kier alpha value is -3.21. The third-order valence-corrected chi connectivity index (χ3v) is 4.22. The van der Waals surface area contributed by atoms with Crippen LogP contribution >= 0.6 is 0 Å². The second-order valence-electron chi connectivity index (χ2n) is 6.11. The van der Waals surface area contributed by atoms with Crippen LogP contribution in [-0.4, -0.2) is 35.3 Å². The zero-order chi connectivity index (χ0) is 18.5. The van der Waals surface area contributed by atoms with Gasteiger partial charge in [-0.05, 0) is 30.2 Å². The Morgan fingerprint density at radius 1 is 1.00 bits per heavy atom. The van der Waals surface area contributed by atoms with Crippen molar-refractivity contribution in [1.82, 2.24) is 9.88 Å². The first kappa shape index (κ1) is 17.6. The summed E-state index contributed by atoms with van der Waals surface area (Å²) in [5.74, 6) is -0.516. The molecule has 2 amide bonds. The average molecular weight is 347 g/mol. The Kier molecular flexibility index (Phi) is 5.27. The molecular weight excluding hydrogens is 326 g/mol. The quantitative estimate of drug-likeness (QED) is 0.768. The van der Waals surface area contributed by atoms with Crippen molar-refractivity contribution in [2.24, 2.45) is 0 Å². The smallest absolute Gasteiger partial charge is 0.272 e. The number of carbonyl (C=O) groups is 2. The minimum absolute atomic E-state index is 0.0363. The van der Waals surface area contributed by atoms with Crippen LogP contribution in [0.1, 0.15) is 23.0 Å². The van der Waals surface area contributed by atoms with Gasteiger partial charge < -0.3 is 10.2 Å². The van der Waals surface area contributed by atoms with Gasteiger partial charge >= 0.3 is 0 Å². The van der Waals surface area contributed by atoms with Gasteiger partial charge in [-0.1, -0.05) is 49.4 Å². The highest BCUT2D eigenvalue weighted by Gasteiger charge is 2.17. The average Bonchev–Trinajstić information content (AvgIpc) is 2.67. The maximum Gasteiger partial charge on any atom is 0.272 e. The van der Waals surface area contributed by atoms with Gasteiger partial charge in [0.1, 0.15) is 5.69 Å². The van der Waals surface area contributed by atoms with Crippen molar-refractivity contribution < 1.29 is 9.59 Å². The number of para-hydroxylation sites is 2. The minimum Gasteiger partial charge on any atom is -0.331 e. The van der Waals surface area contributed by atoms with Crippen LogP contribution in [0.5, 0.6) is 0 Å². The number of fused-ring (bicyclic) bond motifs is 1. The third kappa shape index (κ3) is 3.88. The largest absolute Gasteiger partial charge is 0.331 e. The molecule has 0 aliphatic heterocycles. The zero-order valence-corrected chi connectivity index (χ0v) is 14.9. The molecule has 0 aliphatic carbocycles. The van der Waals surface area contributed by atoms with E-state index in [1.807, 2.05) is 61.5 Å². The molecule has 0 radical (unpaired) electrons. The van der Waals surface area contributed by atoms with E-state index in [-0.39, 0.29) is 18.4 Å². The number of aromatic nitrogens is 1. The molecule has 0 aliphatic rings. The molecule has 1 N–H and O–H groups in total. The predicted octanol–water partition coefficient (Wildman–Crippen LogP) is 3.51. The summed E-state index contributed by atoms with van der Waals surface area (Å²) in [5.41, 5.74) is 2.93. The molecule has 26 heavy (non-hydrogen) atoms. The van der Waals surface area contributed by atoms with Gasteiger partial charge in [-0.3, -0.25) is 9.59 Å². The lowest BCUT2D eigenvalue weighted by Gasteiger charge is -2.17. The molecule has 0 saturated heterocycles. The normalized spacial score (nSPS) is 10.5. The Morgan fingerprint density at radius 3 is 2.54 bits per heavy atom. The summed E-state index contributed by atoms with van der Waals surface area (Å²) in [6.07, 6.45) is 0.826. The van der Waals surface area contributed by atoms with Gasteiger partial charge in [0, 0.05) is 18.1 Å². The summed E-state index contributed by atoms with van der Waals surface area (Å²) in [7, 11) is 1.60. The highest BCUT2D eigenvalue weighted by atomic mass is 16.2. The molecule has 0 saturated carbocycles. The van der Waals surface area contributed by atoms with Crippen molar-refractivity contribution in [2.45, 2.75) is 13.3 Å². The van der Waals surface area contributed by atoms with Gasteiger partial charge in [0.15, 0.2) is 0 Å². The molecule has 0 spiro atoms. The first-order chi connectivity index (χ1) is 12.6. The maximum atomic E-state index is 12.6. The second-order valence-corrected chi connectivity index (χ2v) is 6.11. The van der Waals surface area contributed by atoms with Gasteiger partial charge in [0.05, 0.1) is 12.1 Å². The van der Waals surface area contributed by atoms with Crippen LogP contribution in [0.4, 0.5) is 5.69 Å². The summed E-state index contributed by atoms with van der Waals surface area (Å²) < 4.78 is 0. The van der Waals surface area contributed by atoms with Crippen LogP contribution in [0.25, 0.3) is 10.9 Å². The van der Waals surface area contributed by atoms with Crippen LogP contribution in [0.3, 0.4) is 0 Å². The molecule has 5 heteroatoms. The predicted molar refractivity (Wildman–Crippen MR) is 103 cm³/mol. The number of aryl methyl sites for hydroxylation is 1. The SMILES string of the molecule is CCc1ccccc1NC(=O)CN(C)C(=O)c1ccc2ccccc2n1. The van der Waals surface area contributed by atoms with E-state index in [0.29, 0.717) is 5.69 Å². The van der Waals surface area contributed by atoms with Gasteiger partial charge in [-0.15, -0.1) is 0 Å². The van der Waals surface area contributed by atoms with Crippen molar-refractivity contribution in [3.05, 3.63) is 71.9 Å². The monoisotopic (exact) mass is 347 g/mol. The Morgan fingerprint density at radius 2 is 1.73 bits per heavy atom. The van der Waals surface area contributed by atoms with E-state index < -0.39 is 0 Å². The molecule has 0 bridgehead atoms. The fraction of sp³-hybridized carbons (Fsp3) is 0.190. The van der Waals surface area contributed by atoms with Gasteiger partial charge in [0.2, 0.25) is 5.91 Å². The van der Waals surface area contributed by atoms with Crippen molar-refractivity contribution in [2.75, 3.05) is 18.9 Å². The number of amides is 2. The molecule has 1 heterocycles. The molecular formula is C21H21N3O2. The number of benzene rings is 2. The number of pyridine rings is 1. The van der Waals surface area contributed by atoms with E-state index in [1.165, 1.54) is 4.90 Å².